The molecule has 2 aromatic rings. The van der Waals surface area contributed by atoms with Gasteiger partial charge in [0, 0.05) is 14.7 Å². The van der Waals surface area contributed by atoms with E-state index < -0.39 is 69.6 Å². The Labute approximate surface area is 525 Å². The van der Waals surface area contributed by atoms with Crippen molar-refractivity contribution < 1.29 is 56.2 Å². The maximum atomic E-state index is 15.5. The number of carbonyl (C=O) groups excluding carboxylic acids is 3. The van der Waals surface area contributed by atoms with E-state index in [0.717, 1.165) is 63.8 Å². The van der Waals surface area contributed by atoms with Crippen LogP contribution in [0.2, 0.25) is 25.7 Å². The summed E-state index contributed by atoms with van der Waals surface area (Å²) < 4.78 is 66.2. The maximum Gasteiger partial charge on any atom is 0.588 e. The molecule has 86 heavy (non-hydrogen) atoms. The molecule has 0 bridgehead atoms. The Hall–Kier alpha value is -3.26. The number of nitrogens with one attached hydrogen (secondary N) is 1. The molecule has 1 aliphatic rings. The fraction of sp³-hybridized carbons (Fsp3) is 0.789. The third kappa shape index (κ3) is 37.0. The summed E-state index contributed by atoms with van der Waals surface area (Å²) in [5.41, 5.74) is -0.864. The highest BCUT2D eigenvalue weighted by molar-refractivity contribution is 7.49. The smallest absolute Gasteiger partial charge is 0.462 e. The Balaban J connectivity index is 2.02. The molecule has 0 aromatic heterocycles. The number of hydrogen-bond donors (Lipinski definition) is 1. The van der Waals surface area contributed by atoms with E-state index in [-0.39, 0.29) is 43.8 Å². The van der Waals surface area contributed by atoms with Gasteiger partial charge in [-0.3, -0.25) is 18.9 Å². The third-order valence-electron chi connectivity index (χ3n) is 16.4. The number of phosphoric ester groups is 1. The Morgan fingerprint density at radius 3 is 1.43 bits per heavy atom. The van der Waals surface area contributed by atoms with Crippen molar-refractivity contribution in [1.82, 2.24) is 5.32 Å². The van der Waals surface area contributed by atoms with Crippen LogP contribution in [0.5, 0.6) is 11.5 Å². The minimum Gasteiger partial charge on any atom is -0.462 e. The average Bonchev–Trinajstić information content (AvgIpc) is 1.26. The number of esters is 2. The van der Waals surface area contributed by atoms with Gasteiger partial charge in [-0.05, 0) is 70.3 Å². The molecular formula is C71H124NO12PSi. The molecule has 6 atom stereocenters. The molecule has 1 saturated heterocycles. The van der Waals surface area contributed by atoms with Gasteiger partial charge in [0.2, 0.25) is 5.91 Å². The largest absolute Gasteiger partial charge is 0.588 e. The fourth-order valence-corrected chi connectivity index (χ4v) is 13.1. The second-order valence-corrected chi connectivity index (χ2v) is 34.0. The van der Waals surface area contributed by atoms with Crippen LogP contribution in [0.1, 0.15) is 266 Å². The number of phosphoric acid groups is 1. The van der Waals surface area contributed by atoms with Gasteiger partial charge in [0.1, 0.15) is 37.1 Å². The summed E-state index contributed by atoms with van der Waals surface area (Å²) in [7, 11) is -6.07. The van der Waals surface area contributed by atoms with Crippen LogP contribution in [-0.2, 0) is 47.2 Å². The van der Waals surface area contributed by atoms with Gasteiger partial charge in [0.15, 0.2) is 6.10 Å². The zero-order valence-corrected chi connectivity index (χ0v) is 57.8. The first-order valence-corrected chi connectivity index (χ1v) is 39.9. The van der Waals surface area contributed by atoms with Crippen molar-refractivity contribution in [3.8, 4) is 11.5 Å². The van der Waals surface area contributed by atoms with Gasteiger partial charge in [-0.25, -0.2) is 4.57 Å². The van der Waals surface area contributed by atoms with E-state index in [2.05, 4.69) is 45.7 Å². The lowest BCUT2D eigenvalue weighted by Crippen LogP contribution is -2.62. The zero-order chi connectivity index (χ0) is 62.6. The highest BCUT2D eigenvalue weighted by Crippen LogP contribution is 2.52. The molecule has 0 spiro atoms. The molecule has 1 N–H and O–H groups in total. The number of hydrogen-bond acceptors (Lipinski definition) is 12. The van der Waals surface area contributed by atoms with E-state index in [4.69, 9.17) is 37.3 Å². The molecule has 1 amide bonds. The zero-order valence-electron chi connectivity index (χ0n) is 55.9. The van der Waals surface area contributed by atoms with E-state index in [9.17, 15) is 9.59 Å². The summed E-state index contributed by atoms with van der Waals surface area (Å²) in [5.74, 6) is -1.26. The Bertz CT molecular complexity index is 2010. The fourth-order valence-electron chi connectivity index (χ4n) is 10.9. The number of amides is 1. The summed E-state index contributed by atoms with van der Waals surface area (Å²) in [5, 5.41) is 3.19. The summed E-state index contributed by atoms with van der Waals surface area (Å²) >= 11 is 0. The summed E-state index contributed by atoms with van der Waals surface area (Å²) in [6.07, 6.45) is 34.6. The molecule has 0 radical (unpaired) electrons. The third-order valence-corrected chi connectivity index (χ3v) is 19.5. The molecular weight excluding hydrogens is 1120 g/mol. The van der Waals surface area contributed by atoms with Crippen LogP contribution in [0.3, 0.4) is 0 Å². The molecule has 13 nitrogen and oxygen atoms in total. The van der Waals surface area contributed by atoms with Crippen LogP contribution >= 0.6 is 7.82 Å². The summed E-state index contributed by atoms with van der Waals surface area (Å²) in [4.78, 5) is 43.4. The molecule has 2 aromatic carbocycles. The highest BCUT2D eigenvalue weighted by Gasteiger charge is 2.51. The molecule has 1 unspecified atom stereocenters. The van der Waals surface area contributed by atoms with Gasteiger partial charge in [0.05, 0.1) is 36.5 Å². The molecule has 0 saturated carbocycles. The number of unbranched alkanes of at least 4 members (excludes halogenated alkanes) is 28. The van der Waals surface area contributed by atoms with Crippen LogP contribution < -0.4 is 14.4 Å². The Morgan fingerprint density at radius 2 is 1.01 bits per heavy atom. The minimum atomic E-state index is -4.73. The first-order valence-electron chi connectivity index (χ1n) is 34.7. The van der Waals surface area contributed by atoms with Crippen molar-refractivity contribution in [2.24, 2.45) is 11.3 Å². The topological polar surface area (TPSA) is 154 Å². The Kier molecular flexibility index (Phi) is 41.9. The standard InChI is InChI=1S/C71H124NO12PSi/c1-10-13-16-19-22-25-27-28-31-33-36-41-48-60(47-40-35-32-30-26-23-20-17-14-11-2)69(74)81-67-64(72-66(73)56-63(80-59-77-54-55-86(7,8)9)53-42-37-34-29-24-21-18-15-12-3)57-78-65(58-79-70(75)71(4,5)6)68(67)84-85(76,82-61-49-43-38-44-50-61)83-62-51-45-39-46-52-62/h38-39,43-46,49-52,60,63-65,67-68H,10-37,40-42,47-48,53-59H2,1-9H3,(H,72,73)/t60?,63-,64+,65-,67-,68-/m1/s1. The van der Waals surface area contributed by atoms with Crippen LogP contribution in [-0.4, -0.2) is 83.0 Å². The highest BCUT2D eigenvalue weighted by atomic mass is 31.2. The van der Waals surface area contributed by atoms with Crippen LogP contribution in [0.4, 0.5) is 0 Å². The number of benzene rings is 2. The van der Waals surface area contributed by atoms with Crippen molar-refractivity contribution in [3.63, 3.8) is 0 Å². The number of ether oxygens (including phenoxy) is 5. The van der Waals surface area contributed by atoms with Gasteiger partial charge in [-0.15, -0.1) is 0 Å². The van der Waals surface area contributed by atoms with E-state index in [1.54, 1.807) is 69.3 Å². The lowest BCUT2D eigenvalue weighted by atomic mass is 9.93. The van der Waals surface area contributed by atoms with E-state index in [1.165, 1.54) is 141 Å². The maximum absolute atomic E-state index is 15.5. The second-order valence-electron chi connectivity index (χ2n) is 26.9. The lowest BCUT2D eigenvalue weighted by Gasteiger charge is -2.42. The monoisotopic (exact) mass is 1240 g/mol. The van der Waals surface area contributed by atoms with Crippen molar-refractivity contribution in [3.05, 3.63) is 60.7 Å². The molecule has 0 aliphatic carbocycles. The van der Waals surface area contributed by atoms with Gasteiger partial charge in [-0.2, -0.15) is 0 Å². The minimum absolute atomic E-state index is 0.0246. The van der Waals surface area contributed by atoms with Gasteiger partial charge in [0.25, 0.3) is 0 Å². The van der Waals surface area contributed by atoms with Crippen LogP contribution in [0.15, 0.2) is 60.7 Å². The van der Waals surface area contributed by atoms with E-state index in [0.29, 0.717) is 25.9 Å². The normalized spacial score (nSPS) is 17.2. The first kappa shape index (κ1) is 77.0. The van der Waals surface area contributed by atoms with E-state index >= 15 is 9.36 Å². The SMILES string of the molecule is CCCCCCCCCCCCCCC(CCCCCCCCCCCC)C(=O)O[C@H]1[C@H](OP(=O)(Oc2ccccc2)Oc2ccccc2)[C@@H](COC(=O)C(C)(C)C)OC[C@@H]1NC(=O)C[C@@H](CCCCCCCCCCC)OCOCC[Si](C)(C)C. The molecule has 1 fully saturated rings. The quantitative estimate of drug-likeness (QED) is 0.0220. The van der Waals surface area contributed by atoms with Gasteiger partial charge < -0.3 is 38.0 Å². The summed E-state index contributed by atoms with van der Waals surface area (Å²) in [6, 6.07) is 17.2. The number of para-hydroxylation sites is 2. The molecule has 1 heterocycles. The number of carbonyl (C=O) groups is 3. The van der Waals surface area contributed by atoms with Gasteiger partial charge >= 0.3 is 19.8 Å². The molecule has 15 heteroatoms. The predicted octanol–water partition coefficient (Wildman–Crippen LogP) is 20.0. The summed E-state index contributed by atoms with van der Waals surface area (Å²) in [6.45, 7) is 19.2. The molecule has 494 valence electrons. The molecule has 1 aliphatic heterocycles. The average molecular weight is 1240 g/mol. The van der Waals surface area contributed by atoms with Crippen molar-refractivity contribution in [2.75, 3.05) is 26.6 Å². The van der Waals surface area contributed by atoms with E-state index in [1.807, 2.05) is 12.1 Å². The van der Waals surface area contributed by atoms with Crippen LogP contribution in [0, 0.1) is 11.3 Å². The number of rotatable bonds is 53. The first-order chi connectivity index (χ1) is 41.5. The van der Waals surface area contributed by atoms with Crippen molar-refractivity contribution in [2.45, 2.75) is 322 Å². The Morgan fingerprint density at radius 1 is 0.593 bits per heavy atom. The predicted molar refractivity (Wildman–Crippen MR) is 355 cm³/mol. The van der Waals surface area contributed by atoms with Crippen LogP contribution in [0.25, 0.3) is 0 Å². The van der Waals surface area contributed by atoms with Gasteiger partial charge in [-0.1, -0.05) is 276 Å². The molecule has 3 rings (SSSR count). The van der Waals surface area contributed by atoms with Crippen molar-refractivity contribution >= 4 is 33.7 Å². The lowest BCUT2D eigenvalue weighted by molar-refractivity contribution is -0.197. The second kappa shape index (κ2) is 46.8. The van der Waals surface area contributed by atoms with Crippen molar-refractivity contribution in [1.29, 1.82) is 0 Å².